The molecule has 0 aliphatic carbocycles. The molecule has 1 fully saturated rings. The molecule has 1 rings (SSSR count). The Morgan fingerprint density at radius 1 is 1.50 bits per heavy atom. The van der Waals surface area contributed by atoms with E-state index in [-0.39, 0.29) is 5.54 Å². The summed E-state index contributed by atoms with van der Waals surface area (Å²) in [6.45, 7) is 5.53. The number of nitrogens with two attached hydrogens (primary N) is 1. The highest BCUT2D eigenvalue weighted by Gasteiger charge is 2.28. The number of hydrogen-bond donors (Lipinski definition) is 1. The Morgan fingerprint density at radius 3 is 2.50 bits per heavy atom. The van der Waals surface area contributed by atoms with E-state index < -0.39 is 0 Å². The molecule has 2 nitrogen and oxygen atoms in total. The van der Waals surface area contributed by atoms with E-state index in [0.29, 0.717) is 0 Å². The lowest BCUT2D eigenvalue weighted by molar-refractivity contribution is 0.171. The highest BCUT2D eigenvalue weighted by Crippen LogP contribution is 2.22. The van der Waals surface area contributed by atoms with E-state index in [9.17, 15) is 0 Å². The fourth-order valence-corrected chi connectivity index (χ4v) is 1.69. The van der Waals surface area contributed by atoms with Gasteiger partial charge in [-0.15, -0.1) is 12.3 Å². The first-order valence-electron chi connectivity index (χ1n) is 4.65. The van der Waals surface area contributed by atoms with E-state index in [1.54, 1.807) is 0 Å². The van der Waals surface area contributed by atoms with Crippen molar-refractivity contribution in [2.45, 2.75) is 31.7 Å². The first kappa shape index (κ1) is 9.57. The predicted octanol–water partition coefficient (Wildman–Crippen LogP) is 0.823. The molecule has 1 aliphatic heterocycles. The third kappa shape index (κ3) is 2.23. The molecule has 0 aromatic carbocycles. The summed E-state index contributed by atoms with van der Waals surface area (Å²) in [6, 6.07) is 0. The number of hydrogen-bond acceptors (Lipinski definition) is 2. The van der Waals surface area contributed by atoms with Crippen LogP contribution in [0.4, 0.5) is 0 Å². The first-order valence-corrected chi connectivity index (χ1v) is 4.65. The molecule has 0 amide bonds. The topological polar surface area (TPSA) is 29.3 Å². The van der Waals surface area contributed by atoms with Gasteiger partial charge in [-0.3, -0.25) is 0 Å². The minimum Gasteiger partial charge on any atom is -0.324 e. The van der Waals surface area contributed by atoms with Crippen molar-refractivity contribution in [2.24, 2.45) is 5.73 Å². The van der Waals surface area contributed by atoms with Gasteiger partial charge in [-0.2, -0.15) is 0 Å². The zero-order valence-electron chi connectivity index (χ0n) is 7.84. The summed E-state index contributed by atoms with van der Waals surface area (Å²) in [5, 5.41) is 0. The number of rotatable bonds is 2. The van der Waals surface area contributed by atoms with E-state index in [0.717, 1.165) is 38.9 Å². The number of likely N-dealkylation sites (tertiary alicyclic amines) is 1. The third-order valence-corrected chi connectivity index (χ3v) is 2.75. The number of piperidine rings is 1. The van der Waals surface area contributed by atoms with Crippen molar-refractivity contribution >= 4 is 0 Å². The minimum absolute atomic E-state index is 0.0690. The van der Waals surface area contributed by atoms with Crippen LogP contribution in [0.2, 0.25) is 0 Å². The van der Waals surface area contributed by atoms with Crippen LogP contribution >= 0.6 is 0 Å². The van der Waals surface area contributed by atoms with E-state index in [2.05, 4.69) is 17.7 Å². The van der Waals surface area contributed by atoms with Gasteiger partial charge < -0.3 is 10.6 Å². The fraction of sp³-hybridized carbons (Fsp3) is 0.800. The van der Waals surface area contributed by atoms with Gasteiger partial charge in [0, 0.05) is 12.0 Å². The van der Waals surface area contributed by atoms with Crippen molar-refractivity contribution in [3.05, 3.63) is 0 Å². The zero-order chi connectivity index (χ0) is 9.03. The Kier molecular flexibility index (Phi) is 3.13. The summed E-state index contributed by atoms with van der Waals surface area (Å²) in [7, 11) is 0. The van der Waals surface area contributed by atoms with Gasteiger partial charge in [0.2, 0.25) is 0 Å². The van der Waals surface area contributed by atoms with E-state index >= 15 is 0 Å². The monoisotopic (exact) mass is 166 g/mol. The van der Waals surface area contributed by atoms with Crippen molar-refractivity contribution in [3.63, 3.8) is 0 Å². The second kappa shape index (κ2) is 3.93. The quantitative estimate of drug-likeness (QED) is 0.615. The summed E-state index contributed by atoms with van der Waals surface area (Å²) < 4.78 is 0. The molecule has 0 radical (unpaired) electrons. The van der Waals surface area contributed by atoms with Crippen LogP contribution in [0.5, 0.6) is 0 Å². The van der Waals surface area contributed by atoms with E-state index in [4.69, 9.17) is 12.2 Å². The minimum atomic E-state index is -0.0690. The zero-order valence-corrected chi connectivity index (χ0v) is 7.84. The van der Waals surface area contributed by atoms with Gasteiger partial charge in [-0.1, -0.05) is 6.92 Å². The van der Waals surface area contributed by atoms with Gasteiger partial charge in [-0.25, -0.2) is 0 Å². The van der Waals surface area contributed by atoms with Crippen molar-refractivity contribution in [1.29, 1.82) is 0 Å². The van der Waals surface area contributed by atoms with Gasteiger partial charge in [0.25, 0.3) is 0 Å². The molecule has 0 aromatic heterocycles. The maximum Gasteiger partial charge on any atom is 0.0289 e. The lowest BCUT2D eigenvalue weighted by atomic mass is 9.86. The largest absolute Gasteiger partial charge is 0.324 e. The van der Waals surface area contributed by atoms with Crippen molar-refractivity contribution in [2.75, 3.05) is 19.6 Å². The van der Waals surface area contributed by atoms with Gasteiger partial charge in [0.1, 0.15) is 0 Å². The fourth-order valence-electron chi connectivity index (χ4n) is 1.69. The van der Waals surface area contributed by atoms with Crippen molar-refractivity contribution in [3.8, 4) is 12.3 Å². The van der Waals surface area contributed by atoms with Crippen LogP contribution in [0, 0.1) is 12.3 Å². The smallest absolute Gasteiger partial charge is 0.0289 e. The molecule has 0 aromatic rings. The molecule has 0 spiro atoms. The van der Waals surface area contributed by atoms with Crippen LogP contribution in [0.1, 0.15) is 26.2 Å². The maximum atomic E-state index is 6.12. The molecule has 1 heterocycles. The van der Waals surface area contributed by atoms with Crippen LogP contribution in [0.15, 0.2) is 0 Å². The van der Waals surface area contributed by atoms with Crippen LogP contribution in [-0.4, -0.2) is 30.1 Å². The molecule has 12 heavy (non-hydrogen) atoms. The molecule has 1 saturated heterocycles. The maximum absolute atomic E-state index is 6.12. The molecular formula is C10H18N2. The normalized spacial score (nSPS) is 23.4. The Morgan fingerprint density at radius 2 is 2.08 bits per heavy atom. The summed E-state index contributed by atoms with van der Waals surface area (Å²) >= 11 is 0. The van der Waals surface area contributed by atoms with Crippen molar-refractivity contribution in [1.82, 2.24) is 4.90 Å². The summed E-state index contributed by atoms with van der Waals surface area (Å²) in [6.07, 6.45) is 8.09. The Hall–Kier alpha value is -0.520. The van der Waals surface area contributed by atoms with Gasteiger partial charge in [-0.05, 0) is 32.5 Å². The molecule has 0 atom stereocenters. The SMILES string of the molecule is C#CCC1(N)CCN(CC)CC1. The molecule has 0 unspecified atom stereocenters. The molecule has 0 bridgehead atoms. The van der Waals surface area contributed by atoms with Crippen LogP contribution in [0.25, 0.3) is 0 Å². The Labute approximate surface area is 75.1 Å². The molecule has 2 N–H and O–H groups in total. The molecular weight excluding hydrogens is 148 g/mol. The van der Waals surface area contributed by atoms with Crippen LogP contribution < -0.4 is 5.73 Å². The highest BCUT2D eigenvalue weighted by atomic mass is 15.1. The van der Waals surface area contributed by atoms with E-state index in [1.807, 2.05) is 0 Å². The summed E-state index contributed by atoms with van der Waals surface area (Å²) in [4.78, 5) is 2.42. The first-order chi connectivity index (χ1) is 5.70. The van der Waals surface area contributed by atoms with Crippen molar-refractivity contribution < 1.29 is 0 Å². The molecule has 0 saturated carbocycles. The Balaban J connectivity index is 2.39. The standard InChI is InChI=1S/C10H18N2/c1-3-5-10(11)6-8-12(4-2)9-7-10/h1H,4-9,11H2,2H3. The Bertz CT molecular complexity index is 173. The van der Waals surface area contributed by atoms with Crippen LogP contribution in [-0.2, 0) is 0 Å². The summed E-state index contributed by atoms with van der Waals surface area (Å²) in [5.74, 6) is 2.67. The molecule has 2 heteroatoms. The molecule has 1 aliphatic rings. The lowest BCUT2D eigenvalue weighted by Crippen LogP contribution is -2.50. The third-order valence-electron chi connectivity index (χ3n) is 2.75. The highest BCUT2D eigenvalue weighted by molar-refractivity contribution is 5.00. The number of terminal acetylenes is 1. The number of nitrogens with zero attached hydrogens (tertiary/aromatic N) is 1. The average molecular weight is 166 g/mol. The van der Waals surface area contributed by atoms with E-state index in [1.165, 1.54) is 0 Å². The predicted molar refractivity (Wildman–Crippen MR) is 51.7 cm³/mol. The summed E-state index contributed by atoms with van der Waals surface area (Å²) in [5.41, 5.74) is 6.05. The van der Waals surface area contributed by atoms with Gasteiger partial charge in [0.05, 0.1) is 0 Å². The second-order valence-corrected chi connectivity index (χ2v) is 3.68. The lowest BCUT2D eigenvalue weighted by Gasteiger charge is -2.37. The molecule has 68 valence electrons. The van der Waals surface area contributed by atoms with Gasteiger partial charge in [0.15, 0.2) is 0 Å². The van der Waals surface area contributed by atoms with Crippen LogP contribution in [0.3, 0.4) is 0 Å². The van der Waals surface area contributed by atoms with Gasteiger partial charge >= 0.3 is 0 Å². The average Bonchev–Trinajstić information content (AvgIpc) is 2.06. The second-order valence-electron chi connectivity index (χ2n) is 3.68.